The first-order valence-electron chi connectivity index (χ1n) is 6.20. The number of thiophene rings is 1. The van der Waals surface area contributed by atoms with E-state index in [1.807, 2.05) is 0 Å². The van der Waals surface area contributed by atoms with E-state index < -0.39 is 0 Å². The molecule has 0 bridgehead atoms. The Morgan fingerprint density at radius 3 is 2.44 bits per heavy atom. The van der Waals surface area contributed by atoms with Gasteiger partial charge in [0.1, 0.15) is 0 Å². The highest BCUT2D eigenvalue weighted by atomic mass is 32.1. The Labute approximate surface area is 113 Å². The van der Waals surface area contributed by atoms with E-state index in [1.54, 1.807) is 11.3 Å². The van der Waals surface area contributed by atoms with Crippen molar-refractivity contribution in [2.75, 3.05) is 19.0 Å². The fraction of sp³-hybridized carbons (Fsp3) is 0.333. The Bertz CT molecular complexity index is 460. The largest absolute Gasteiger partial charge is 0.378 e. The molecule has 2 nitrogen and oxygen atoms in total. The molecule has 96 valence electrons. The van der Waals surface area contributed by atoms with Crippen LogP contribution in [0.4, 0.5) is 5.69 Å². The minimum absolute atomic E-state index is 0.415. The standard InChI is InChI=1S/C15H20N2S/c1-12(15-5-4-10-18-15)16-11-13-6-8-14(9-7-13)17(2)3/h4-10,12,16H,11H2,1-3H3/t12-/m0/s1. The van der Waals surface area contributed by atoms with Gasteiger partial charge in [-0.2, -0.15) is 0 Å². The van der Waals surface area contributed by atoms with Gasteiger partial charge >= 0.3 is 0 Å². The maximum absolute atomic E-state index is 3.55. The van der Waals surface area contributed by atoms with E-state index in [-0.39, 0.29) is 0 Å². The maximum Gasteiger partial charge on any atom is 0.0388 e. The van der Waals surface area contributed by atoms with Gasteiger partial charge in [-0.25, -0.2) is 0 Å². The number of nitrogens with zero attached hydrogens (tertiary/aromatic N) is 1. The second-order valence-corrected chi connectivity index (χ2v) is 5.66. The van der Waals surface area contributed by atoms with Crippen LogP contribution < -0.4 is 10.2 Å². The molecule has 18 heavy (non-hydrogen) atoms. The first kappa shape index (κ1) is 13.1. The third-order valence-electron chi connectivity index (χ3n) is 3.04. The smallest absolute Gasteiger partial charge is 0.0388 e. The second kappa shape index (κ2) is 6.03. The molecule has 0 aliphatic carbocycles. The fourth-order valence-corrected chi connectivity index (χ4v) is 2.58. The summed E-state index contributed by atoms with van der Waals surface area (Å²) in [5.41, 5.74) is 2.56. The number of nitrogens with one attached hydrogen (secondary N) is 1. The summed E-state index contributed by atoms with van der Waals surface area (Å²) in [6.45, 7) is 3.12. The lowest BCUT2D eigenvalue weighted by atomic mass is 10.2. The molecule has 1 aromatic heterocycles. The lowest BCUT2D eigenvalue weighted by Crippen LogP contribution is -2.17. The molecule has 1 atom stereocenters. The highest BCUT2D eigenvalue weighted by Gasteiger charge is 2.05. The molecule has 2 aromatic rings. The molecule has 1 aromatic carbocycles. The molecular weight excluding hydrogens is 240 g/mol. The van der Waals surface area contributed by atoms with Crippen LogP contribution in [0, 0.1) is 0 Å². The van der Waals surface area contributed by atoms with Crippen LogP contribution in [0.1, 0.15) is 23.4 Å². The lowest BCUT2D eigenvalue weighted by molar-refractivity contribution is 0.583. The SMILES string of the molecule is C[C@H](NCc1ccc(N(C)C)cc1)c1cccs1. The van der Waals surface area contributed by atoms with Crippen LogP contribution in [0.5, 0.6) is 0 Å². The number of hydrogen-bond acceptors (Lipinski definition) is 3. The topological polar surface area (TPSA) is 15.3 Å². The van der Waals surface area contributed by atoms with Crippen LogP contribution in [0.2, 0.25) is 0 Å². The molecule has 0 spiro atoms. The summed E-state index contributed by atoms with van der Waals surface area (Å²) in [4.78, 5) is 3.51. The highest BCUT2D eigenvalue weighted by Crippen LogP contribution is 2.19. The van der Waals surface area contributed by atoms with E-state index >= 15 is 0 Å². The van der Waals surface area contributed by atoms with E-state index in [0.29, 0.717) is 6.04 Å². The Hall–Kier alpha value is -1.32. The molecule has 0 aliphatic heterocycles. The molecule has 0 saturated carbocycles. The summed E-state index contributed by atoms with van der Waals surface area (Å²) >= 11 is 1.80. The van der Waals surface area contributed by atoms with Crippen LogP contribution in [0.25, 0.3) is 0 Å². The van der Waals surface area contributed by atoms with Gasteiger partial charge in [-0.3, -0.25) is 0 Å². The summed E-state index contributed by atoms with van der Waals surface area (Å²) < 4.78 is 0. The Morgan fingerprint density at radius 2 is 1.89 bits per heavy atom. The summed E-state index contributed by atoms with van der Waals surface area (Å²) in [6.07, 6.45) is 0. The molecule has 0 amide bonds. The molecular formula is C15H20N2S. The van der Waals surface area contributed by atoms with Crippen molar-refractivity contribution in [2.45, 2.75) is 19.5 Å². The van der Waals surface area contributed by atoms with Crippen LogP contribution in [0.15, 0.2) is 41.8 Å². The van der Waals surface area contributed by atoms with Gasteiger partial charge < -0.3 is 10.2 Å². The van der Waals surface area contributed by atoms with Crippen molar-refractivity contribution >= 4 is 17.0 Å². The molecule has 0 fully saturated rings. The van der Waals surface area contributed by atoms with Crippen LogP contribution in [0.3, 0.4) is 0 Å². The van der Waals surface area contributed by atoms with Crippen molar-refractivity contribution < 1.29 is 0 Å². The second-order valence-electron chi connectivity index (χ2n) is 4.68. The molecule has 0 aliphatic rings. The minimum atomic E-state index is 0.415. The maximum atomic E-state index is 3.55. The predicted molar refractivity (Wildman–Crippen MR) is 80.3 cm³/mol. The normalized spacial score (nSPS) is 12.4. The number of benzene rings is 1. The van der Waals surface area contributed by atoms with E-state index in [2.05, 4.69) is 73.0 Å². The first-order valence-corrected chi connectivity index (χ1v) is 7.08. The number of hydrogen-bond donors (Lipinski definition) is 1. The zero-order valence-electron chi connectivity index (χ0n) is 11.2. The van der Waals surface area contributed by atoms with Gasteiger partial charge in [-0.15, -0.1) is 11.3 Å². The van der Waals surface area contributed by atoms with Crippen LogP contribution >= 0.6 is 11.3 Å². The van der Waals surface area contributed by atoms with Crippen molar-refractivity contribution in [3.8, 4) is 0 Å². The summed E-state index contributed by atoms with van der Waals surface area (Å²) in [5.74, 6) is 0. The van der Waals surface area contributed by atoms with Gasteiger partial charge in [0.25, 0.3) is 0 Å². The molecule has 0 saturated heterocycles. The van der Waals surface area contributed by atoms with E-state index in [0.717, 1.165) is 6.54 Å². The van der Waals surface area contributed by atoms with Crippen molar-refractivity contribution in [1.29, 1.82) is 0 Å². The van der Waals surface area contributed by atoms with Gasteiger partial charge in [0, 0.05) is 37.2 Å². The average Bonchev–Trinajstić information content (AvgIpc) is 2.90. The molecule has 3 heteroatoms. The quantitative estimate of drug-likeness (QED) is 0.882. The Kier molecular flexibility index (Phi) is 4.39. The monoisotopic (exact) mass is 260 g/mol. The zero-order chi connectivity index (χ0) is 13.0. The third kappa shape index (κ3) is 3.34. The minimum Gasteiger partial charge on any atom is -0.378 e. The number of rotatable bonds is 5. The molecule has 2 rings (SSSR count). The molecule has 0 unspecified atom stereocenters. The van der Waals surface area contributed by atoms with E-state index in [4.69, 9.17) is 0 Å². The Morgan fingerprint density at radius 1 is 1.17 bits per heavy atom. The van der Waals surface area contributed by atoms with E-state index in [9.17, 15) is 0 Å². The summed E-state index contributed by atoms with van der Waals surface area (Å²) in [5, 5.41) is 5.67. The lowest BCUT2D eigenvalue weighted by Gasteiger charge is -2.14. The molecule has 1 heterocycles. The number of anilines is 1. The van der Waals surface area contributed by atoms with Crippen molar-refractivity contribution in [3.05, 3.63) is 52.2 Å². The van der Waals surface area contributed by atoms with Crippen molar-refractivity contribution in [1.82, 2.24) is 5.32 Å². The van der Waals surface area contributed by atoms with Crippen molar-refractivity contribution in [2.24, 2.45) is 0 Å². The molecule has 0 radical (unpaired) electrons. The third-order valence-corrected chi connectivity index (χ3v) is 4.09. The van der Waals surface area contributed by atoms with Gasteiger partial charge in [0.2, 0.25) is 0 Å². The van der Waals surface area contributed by atoms with Gasteiger partial charge in [0.15, 0.2) is 0 Å². The zero-order valence-corrected chi connectivity index (χ0v) is 12.0. The van der Waals surface area contributed by atoms with Gasteiger partial charge in [0.05, 0.1) is 0 Å². The van der Waals surface area contributed by atoms with Gasteiger partial charge in [-0.05, 0) is 36.1 Å². The van der Waals surface area contributed by atoms with E-state index in [1.165, 1.54) is 16.1 Å². The highest BCUT2D eigenvalue weighted by molar-refractivity contribution is 7.10. The first-order chi connectivity index (χ1) is 8.66. The fourth-order valence-electron chi connectivity index (χ4n) is 1.82. The Balaban J connectivity index is 1.90. The van der Waals surface area contributed by atoms with Crippen molar-refractivity contribution in [3.63, 3.8) is 0 Å². The predicted octanol–water partition coefficient (Wildman–Crippen LogP) is 3.66. The molecule has 1 N–H and O–H groups in total. The summed E-state index contributed by atoms with van der Waals surface area (Å²) in [6, 6.07) is 13.4. The van der Waals surface area contributed by atoms with Gasteiger partial charge in [-0.1, -0.05) is 18.2 Å². The van der Waals surface area contributed by atoms with Crippen LogP contribution in [-0.2, 0) is 6.54 Å². The summed E-state index contributed by atoms with van der Waals surface area (Å²) in [7, 11) is 4.12. The van der Waals surface area contributed by atoms with Crippen LogP contribution in [-0.4, -0.2) is 14.1 Å². The average molecular weight is 260 g/mol.